The molecule has 1 heterocycles. The largest absolute Gasteiger partial charge is 0.494 e. The lowest BCUT2D eigenvalue weighted by Crippen LogP contribution is -2.50. The van der Waals surface area contributed by atoms with Crippen LogP contribution in [0.4, 0.5) is 0 Å². The molecule has 1 aliphatic heterocycles. The van der Waals surface area contributed by atoms with E-state index >= 15 is 0 Å². The molecule has 3 rings (SSSR count). The Labute approximate surface area is 179 Å². The molecule has 7 heteroatoms. The molecule has 1 amide bonds. The number of nitrogens with zero attached hydrogens (tertiary/aromatic N) is 2. The van der Waals surface area contributed by atoms with Gasteiger partial charge in [-0.2, -0.15) is 4.31 Å². The van der Waals surface area contributed by atoms with Crippen molar-refractivity contribution in [3.8, 4) is 5.75 Å². The average molecular weight is 431 g/mol. The second kappa shape index (κ2) is 9.62. The highest BCUT2D eigenvalue weighted by Crippen LogP contribution is 2.21. The first-order valence-electron chi connectivity index (χ1n) is 10.3. The van der Waals surface area contributed by atoms with Crippen molar-refractivity contribution in [3.05, 3.63) is 59.2 Å². The summed E-state index contributed by atoms with van der Waals surface area (Å²) in [6, 6.07) is 13.0. The van der Waals surface area contributed by atoms with E-state index in [0.29, 0.717) is 50.5 Å². The van der Waals surface area contributed by atoms with Gasteiger partial charge in [-0.05, 0) is 62.6 Å². The fourth-order valence-electron chi connectivity index (χ4n) is 3.41. The van der Waals surface area contributed by atoms with E-state index in [0.717, 1.165) is 16.9 Å². The van der Waals surface area contributed by atoms with E-state index in [2.05, 4.69) is 0 Å². The quantitative estimate of drug-likeness (QED) is 0.632. The lowest BCUT2D eigenvalue weighted by molar-refractivity contribution is -0.132. The van der Waals surface area contributed by atoms with E-state index in [1.807, 2.05) is 51.1 Å². The van der Waals surface area contributed by atoms with E-state index in [9.17, 15) is 13.2 Å². The number of piperazine rings is 1. The van der Waals surface area contributed by atoms with Crippen LogP contribution < -0.4 is 4.74 Å². The molecule has 2 aromatic rings. The van der Waals surface area contributed by atoms with Crippen LogP contribution in [0.1, 0.15) is 29.5 Å². The van der Waals surface area contributed by atoms with E-state index < -0.39 is 10.0 Å². The van der Waals surface area contributed by atoms with Gasteiger partial charge in [0.25, 0.3) is 0 Å². The fraction of sp³-hybridized carbons (Fsp3) is 0.435. The van der Waals surface area contributed by atoms with Crippen LogP contribution in [0.15, 0.2) is 47.4 Å². The van der Waals surface area contributed by atoms with Gasteiger partial charge in [-0.1, -0.05) is 23.8 Å². The molecule has 1 fully saturated rings. The first-order valence-corrected chi connectivity index (χ1v) is 11.8. The summed E-state index contributed by atoms with van der Waals surface area (Å²) in [6.45, 7) is 7.85. The summed E-state index contributed by atoms with van der Waals surface area (Å²) < 4.78 is 32.9. The predicted octanol–water partition coefficient (Wildman–Crippen LogP) is 3.30. The van der Waals surface area contributed by atoms with Crippen molar-refractivity contribution in [1.29, 1.82) is 0 Å². The Kier molecular flexibility index (Phi) is 7.15. The van der Waals surface area contributed by atoms with Crippen LogP contribution in [0.5, 0.6) is 5.75 Å². The summed E-state index contributed by atoms with van der Waals surface area (Å²) in [5.41, 5.74) is 3.20. The number of ether oxygens (including phenoxy) is 1. The molecule has 0 radical (unpaired) electrons. The van der Waals surface area contributed by atoms with Gasteiger partial charge in [0.2, 0.25) is 15.9 Å². The van der Waals surface area contributed by atoms with Crippen LogP contribution in [0.2, 0.25) is 0 Å². The third-order valence-electron chi connectivity index (χ3n) is 5.53. The van der Waals surface area contributed by atoms with E-state index in [-0.39, 0.29) is 5.91 Å². The van der Waals surface area contributed by atoms with Crippen molar-refractivity contribution in [3.63, 3.8) is 0 Å². The molecule has 162 valence electrons. The summed E-state index contributed by atoms with van der Waals surface area (Å²) in [5, 5.41) is 0. The van der Waals surface area contributed by atoms with Gasteiger partial charge >= 0.3 is 0 Å². The molecule has 0 unspecified atom stereocenters. The molecule has 2 aromatic carbocycles. The van der Waals surface area contributed by atoms with Gasteiger partial charge in [0.15, 0.2) is 0 Å². The summed E-state index contributed by atoms with van der Waals surface area (Å²) in [7, 11) is -3.53. The smallest absolute Gasteiger partial charge is 0.243 e. The van der Waals surface area contributed by atoms with Crippen LogP contribution in [-0.2, 0) is 14.8 Å². The number of sulfonamides is 1. The molecular weight excluding hydrogens is 400 g/mol. The standard InChI is InChI=1S/C23H30N2O4S/c1-18-6-9-21(10-7-18)29-16-4-5-23(26)24-12-14-25(15-13-24)30(27,28)22-11-8-19(2)20(3)17-22/h6-11,17H,4-5,12-16H2,1-3H3. The van der Waals surface area contributed by atoms with Gasteiger partial charge in [0, 0.05) is 32.6 Å². The minimum Gasteiger partial charge on any atom is -0.494 e. The molecule has 0 aliphatic carbocycles. The van der Waals surface area contributed by atoms with Crippen molar-refractivity contribution in [2.75, 3.05) is 32.8 Å². The first-order chi connectivity index (χ1) is 14.3. The molecule has 0 bridgehead atoms. The highest BCUT2D eigenvalue weighted by molar-refractivity contribution is 7.89. The molecule has 30 heavy (non-hydrogen) atoms. The number of amides is 1. The zero-order valence-corrected chi connectivity index (χ0v) is 18.7. The number of hydrogen-bond acceptors (Lipinski definition) is 4. The monoisotopic (exact) mass is 430 g/mol. The average Bonchev–Trinajstić information content (AvgIpc) is 2.74. The normalized spacial score (nSPS) is 15.2. The van der Waals surface area contributed by atoms with E-state index in [1.54, 1.807) is 17.0 Å². The van der Waals surface area contributed by atoms with Gasteiger partial charge in [0.05, 0.1) is 11.5 Å². The lowest BCUT2D eigenvalue weighted by Gasteiger charge is -2.34. The molecule has 0 atom stereocenters. The minimum atomic E-state index is -3.53. The van der Waals surface area contributed by atoms with Gasteiger partial charge in [-0.25, -0.2) is 8.42 Å². The second-order valence-electron chi connectivity index (χ2n) is 7.80. The van der Waals surface area contributed by atoms with Crippen LogP contribution in [0.3, 0.4) is 0 Å². The van der Waals surface area contributed by atoms with Crippen molar-refractivity contribution >= 4 is 15.9 Å². The predicted molar refractivity (Wildman–Crippen MR) is 117 cm³/mol. The molecule has 1 aliphatic rings. The van der Waals surface area contributed by atoms with Crippen LogP contribution in [-0.4, -0.2) is 56.3 Å². The zero-order valence-electron chi connectivity index (χ0n) is 17.9. The maximum Gasteiger partial charge on any atom is 0.243 e. The van der Waals surface area contributed by atoms with Crippen molar-refractivity contribution in [2.45, 2.75) is 38.5 Å². The number of carbonyl (C=O) groups is 1. The highest BCUT2D eigenvalue weighted by atomic mass is 32.2. The number of carbonyl (C=O) groups excluding carboxylic acids is 1. The first kappa shape index (κ1) is 22.3. The van der Waals surface area contributed by atoms with Gasteiger partial charge < -0.3 is 9.64 Å². The van der Waals surface area contributed by atoms with Crippen molar-refractivity contribution in [1.82, 2.24) is 9.21 Å². The SMILES string of the molecule is Cc1ccc(OCCCC(=O)N2CCN(S(=O)(=O)c3ccc(C)c(C)c3)CC2)cc1. The number of rotatable bonds is 7. The Balaban J connectivity index is 1.45. The number of aryl methyl sites for hydroxylation is 3. The summed E-state index contributed by atoms with van der Waals surface area (Å²) in [6.07, 6.45) is 1.03. The Morgan fingerprint density at radius 1 is 0.933 bits per heavy atom. The number of hydrogen-bond donors (Lipinski definition) is 0. The fourth-order valence-corrected chi connectivity index (χ4v) is 4.92. The van der Waals surface area contributed by atoms with Gasteiger partial charge in [-0.15, -0.1) is 0 Å². The third kappa shape index (κ3) is 5.40. The molecule has 0 aromatic heterocycles. The molecule has 0 spiro atoms. The maximum absolute atomic E-state index is 12.9. The third-order valence-corrected chi connectivity index (χ3v) is 7.43. The highest BCUT2D eigenvalue weighted by Gasteiger charge is 2.30. The van der Waals surface area contributed by atoms with Gasteiger partial charge in [-0.3, -0.25) is 4.79 Å². The molecule has 0 saturated carbocycles. The molecule has 0 N–H and O–H groups in total. The Bertz CT molecular complexity index is 979. The Morgan fingerprint density at radius 2 is 1.60 bits per heavy atom. The topological polar surface area (TPSA) is 66.9 Å². The summed E-state index contributed by atoms with van der Waals surface area (Å²) in [5.74, 6) is 0.851. The summed E-state index contributed by atoms with van der Waals surface area (Å²) >= 11 is 0. The van der Waals surface area contributed by atoms with Gasteiger partial charge in [0.1, 0.15) is 5.75 Å². The molecule has 6 nitrogen and oxygen atoms in total. The van der Waals surface area contributed by atoms with Crippen molar-refractivity contribution < 1.29 is 17.9 Å². The minimum absolute atomic E-state index is 0.0470. The zero-order chi connectivity index (χ0) is 21.7. The van der Waals surface area contributed by atoms with Crippen LogP contribution >= 0.6 is 0 Å². The number of benzene rings is 2. The molecule has 1 saturated heterocycles. The van der Waals surface area contributed by atoms with Crippen LogP contribution in [0, 0.1) is 20.8 Å². The van der Waals surface area contributed by atoms with Crippen molar-refractivity contribution in [2.24, 2.45) is 0 Å². The second-order valence-corrected chi connectivity index (χ2v) is 9.73. The maximum atomic E-state index is 12.9. The van der Waals surface area contributed by atoms with E-state index in [1.165, 1.54) is 9.87 Å². The van der Waals surface area contributed by atoms with E-state index in [4.69, 9.17) is 4.74 Å². The lowest BCUT2D eigenvalue weighted by atomic mass is 10.1. The summed E-state index contributed by atoms with van der Waals surface area (Å²) in [4.78, 5) is 14.5. The van der Waals surface area contributed by atoms with Crippen LogP contribution in [0.25, 0.3) is 0 Å². The Hall–Kier alpha value is -2.38. The molecular formula is C23H30N2O4S. The Morgan fingerprint density at radius 3 is 2.23 bits per heavy atom.